The smallest absolute Gasteiger partial charge is 0.231 e. The van der Waals surface area contributed by atoms with Crippen molar-refractivity contribution in [3.05, 3.63) is 65.2 Å². The van der Waals surface area contributed by atoms with Gasteiger partial charge in [-0.2, -0.15) is 0 Å². The lowest BCUT2D eigenvalue weighted by Gasteiger charge is -2.20. The molecule has 0 fully saturated rings. The minimum Gasteiger partial charge on any atom is -0.325 e. The summed E-state index contributed by atoms with van der Waals surface area (Å²) in [5.41, 5.74) is 4.35. The molecule has 1 amide bonds. The minimum absolute atomic E-state index is 0.0740. The number of rotatable bonds is 5. The number of amides is 1. The second-order valence-corrected chi connectivity index (χ2v) is 6.05. The number of aryl methyl sites for hydroxylation is 1. The van der Waals surface area contributed by atoms with Crippen molar-refractivity contribution in [1.82, 2.24) is 0 Å². The van der Waals surface area contributed by atoms with E-state index < -0.39 is 0 Å². The minimum atomic E-state index is -0.110. The predicted molar refractivity (Wildman–Crippen MR) is 93.4 cm³/mol. The van der Waals surface area contributed by atoms with Crippen molar-refractivity contribution in [2.75, 3.05) is 5.32 Å². The molecule has 2 aromatic rings. The molecule has 2 aromatic carbocycles. The molecule has 0 unspecified atom stereocenters. The molecule has 0 aliphatic carbocycles. The predicted octanol–water partition coefficient (Wildman–Crippen LogP) is 5.25. The van der Waals surface area contributed by atoms with Crippen molar-refractivity contribution in [3.8, 4) is 0 Å². The maximum Gasteiger partial charge on any atom is 0.231 e. The second kappa shape index (κ2) is 7.26. The topological polar surface area (TPSA) is 29.1 Å². The summed E-state index contributed by atoms with van der Waals surface area (Å²) in [7, 11) is 0. The van der Waals surface area contributed by atoms with Crippen LogP contribution in [0.5, 0.6) is 0 Å². The Morgan fingerprint density at radius 3 is 2.32 bits per heavy atom. The van der Waals surface area contributed by atoms with Crippen LogP contribution in [0.2, 0.25) is 0 Å². The molecule has 2 nitrogen and oxygen atoms in total. The number of nitrogens with one attached hydrogen (secondary N) is 1. The zero-order valence-corrected chi connectivity index (χ0v) is 13.9. The maximum atomic E-state index is 12.8. The van der Waals surface area contributed by atoms with E-state index in [-0.39, 0.29) is 11.8 Å². The standard InChI is InChI=1S/C20H25NO/c1-5-17(16-11-7-6-8-12-16)20(22)21-19-15(4)10-9-13-18(19)14(2)3/h6-14,17H,5H2,1-4H3,(H,21,22)/t17-/m0/s1. The number of anilines is 1. The van der Waals surface area contributed by atoms with Crippen LogP contribution in [0.25, 0.3) is 0 Å². The Hall–Kier alpha value is -2.09. The largest absolute Gasteiger partial charge is 0.325 e. The molecule has 0 saturated carbocycles. The molecule has 22 heavy (non-hydrogen) atoms. The molecule has 0 aliphatic heterocycles. The van der Waals surface area contributed by atoms with Gasteiger partial charge in [0.15, 0.2) is 0 Å². The highest BCUT2D eigenvalue weighted by Gasteiger charge is 2.20. The van der Waals surface area contributed by atoms with Crippen molar-refractivity contribution in [3.63, 3.8) is 0 Å². The van der Waals surface area contributed by atoms with Gasteiger partial charge in [-0.15, -0.1) is 0 Å². The fourth-order valence-electron chi connectivity index (χ4n) is 2.81. The Balaban J connectivity index is 2.29. The monoisotopic (exact) mass is 295 g/mol. The number of carbonyl (C=O) groups is 1. The molecule has 0 heterocycles. The average Bonchev–Trinajstić information content (AvgIpc) is 2.51. The number of benzene rings is 2. The normalized spacial score (nSPS) is 12.2. The van der Waals surface area contributed by atoms with E-state index in [1.165, 1.54) is 5.56 Å². The van der Waals surface area contributed by atoms with Gasteiger partial charge in [0.2, 0.25) is 5.91 Å². The van der Waals surface area contributed by atoms with E-state index in [0.29, 0.717) is 5.92 Å². The summed E-state index contributed by atoms with van der Waals surface area (Å²) in [6.07, 6.45) is 0.790. The Labute approximate surface area is 133 Å². The van der Waals surface area contributed by atoms with Crippen LogP contribution in [-0.4, -0.2) is 5.91 Å². The number of carbonyl (C=O) groups excluding carboxylic acids is 1. The second-order valence-electron chi connectivity index (χ2n) is 6.05. The first-order chi connectivity index (χ1) is 10.5. The molecule has 2 rings (SSSR count). The molecule has 2 heteroatoms. The lowest BCUT2D eigenvalue weighted by atomic mass is 9.94. The van der Waals surface area contributed by atoms with Crippen LogP contribution in [0.1, 0.15) is 55.7 Å². The quantitative estimate of drug-likeness (QED) is 0.802. The number of para-hydroxylation sites is 1. The lowest BCUT2D eigenvalue weighted by molar-refractivity contribution is -0.117. The van der Waals surface area contributed by atoms with Crippen molar-refractivity contribution in [1.29, 1.82) is 0 Å². The summed E-state index contributed by atoms with van der Waals surface area (Å²) in [6, 6.07) is 16.2. The third-order valence-electron chi connectivity index (χ3n) is 4.10. The molecule has 1 atom stereocenters. The van der Waals surface area contributed by atoms with Crippen LogP contribution in [0, 0.1) is 6.92 Å². The van der Waals surface area contributed by atoms with Gasteiger partial charge in [0.25, 0.3) is 0 Å². The Morgan fingerprint density at radius 1 is 1.05 bits per heavy atom. The van der Waals surface area contributed by atoms with Crippen LogP contribution >= 0.6 is 0 Å². The van der Waals surface area contributed by atoms with Crippen LogP contribution in [0.3, 0.4) is 0 Å². The van der Waals surface area contributed by atoms with E-state index in [2.05, 4.69) is 38.2 Å². The highest BCUT2D eigenvalue weighted by Crippen LogP contribution is 2.29. The Morgan fingerprint density at radius 2 is 1.73 bits per heavy atom. The summed E-state index contributed by atoms with van der Waals surface area (Å²) in [4.78, 5) is 12.8. The van der Waals surface area contributed by atoms with E-state index in [1.54, 1.807) is 0 Å². The molecule has 0 aromatic heterocycles. The van der Waals surface area contributed by atoms with Gasteiger partial charge in [-0.25, -0.2) is 0 Å². The lowest BCUT2D eigenvalue weighted by Crippen LogP contribution is -2.22. The molecule has 0 aliphatic rings. The zero-order valence-electron chi connectivity index (χ0n) is 13.9. The Bertz CT molecular complexity index is 631. The first-order valence-electron chi connectivity index (χ1n) is 7.99. The van der Waals surface area contributed by atoms with Gasteiger partial charge in [0, 0.05) is 5.69 Å². The van der Waals surface area contributed by atoms with Crippen LogP contribution < -0.4 is 5.32 Å². The number of hydrogen-bond donors (Lipinski definition) is 1. The maximum absolute atomic E-state index is 12.8. The van der Waals surface area contributed by atoms with Gasteiger partial charge in [-0.05, 0) is 36.0 Å². The van der Waals surface area contributed by atoms with Gasteiger partial charge in [0.1, 0.15) is 0 Å². The highest BCUT2D eigenvalue weighted by atomic mass is 16.1. The highest BCUT2D eigenvalue weighted by molar-refractivity contribution is 5.97. The van der Waals surface area contributed by atoms with Crippen molar-refractivity contribution < 1.29 is 4.79 Å². The van der Waals surface area contributed by atoms with E-state index in [9.17, 15) is 4.79 Å². The van der Waals surface area contributed by atoms with Gasteiger partial charge < -0.3 is 5.32 Å². The van der Waals surface area contributed by atoms with Crippen molar-refractivity contribution in [2.24, 2.45) is 0 Å². The van der Waals surface area contributed by atoms with E-state index >= 15 is 0 Å². The molecule has 0 radical (unpaired) electrons. The fraction of sp³-hybridized carbons (Fsp3) is 0.350. The molecule has 0 saturated heterocycles. The molecule has 0 bridgehead atoms. The molecule has 1 N–H and O–H groups in total. The Kier molecular flexibility index (Phi) is 5.37. The molecule has 0 spiro atoms. The molecule has 116 valence electrons. The van der Waals surface area contributed by atoms with Crippen molar-refractivity contribution in [2.45, 2.75) is 46.0 Å². The van der Waals surface area contributed by atoms with E-state index in [4.69, 9.17) is 0 Å². The summed E-state index contributed by atoms with van der Waals surface area (Å²) < 4.78 is 0. The van der Waals surface area contributed by atoms with Crippen LogP contribution in [0.4, 0.5) is 5.69 Å². The zero-order chi connectivity index (χ0) is 16.1. The first kappa shape index (κ1) is 16.3. The van der Waals surface area contributed by atoms with E-state index in [0.717, 1.165) is 23.2 Å². The van der Waals surface area contributed by atoms with Gasteiger partial charge in [0.05, 0.1) is 5.92 Å². The number of hydrogen-bond acceptors (Lipinski definition) is 1. The van der Waals surface area contributed by atoms with Gasteiger partial charge >= 0.3 is 0 Å². The van der Waals surface area contributed by atoms with Crippen LogP contribution in [0.15, 0.2) is 48.5 Å². The van der Waals surface area contributed by atoms with Crippen LogP contribution in [-0.2, 0) is 4.79 Å². The van der Waals surface area contributed by atoms with Gasteiger partial charge in [-0.1, -0.05) is 69.3 Å². The SMILES string of the molecule is CC[C@H](C(=O)Nc1c(C)cccc1C(C)C)c1ccccc1. The van der Waals surface area contributed by atoms with Crippen molar-refractivity contribution >= 4 is 11.6 Å². The fourth-order valence-corrected chi connectivity index (χ4v) is 2.81. The summed E-state index contributed by atoms with van der Waals surface area (Å²) in [6.45, 7) is 8.40. The summed E-state index contributed by atoms with van der Waals surface area (Å²) in [5, 5.41) is 3.17. The molecular formula is C20H25NO. The first-order valence-corrected chi connectivity index (χ1v) is 7.99. The summed E-state index contributed by atoms with van der Waals surface area (Å²) >= 11 is 0. The van der Waals surface area contributed by atoms with Gasteiger partial charge in [-0.3, -0.25) is 4.79 Å². The third kappa shape index (κ3) is 3.56. The third-order valence-corrected chi connectivity index (χ3v) is 4.10. The average molecular weight is 295 g/mol. The van der Waals surface area contributed by atoms with E-state index in [1.807, 2.05) is 43.3 Å². The summed E-state index contributed by atoms with van der Waals surface area (Å²) in [5.74, 6) is 0.345. The molecular weight excluding hydrogens is 270 g/mol.